The first-order valence-corrected chi connectivity index (χ1v) is 14.0. The summed E-state index contributed by atoms with van der Waals surface area (Å²) in [5.74, 6) is 0.825. The van der Waals surface area contributed by atoms with Gasteiger partial charge in [0.2, 0.25) is 0 Å². The van der Waals surface area contributed by atoms with Gasteiger partial charge in [0, 0.05) is 13.1 Å². The summed E-state index contributed by atoms with van der Waals surface area (Å²) in [7, 11) is 1.66. The molecule has 1 fully saturated rings. The van der Waals surface area contributed by atoms with Crippen LogP contribution in [-0.2, 0) is 12.1 Å². The maximum Gasteiger partial charge on any atom is 0.118 e. The molecule has 1 aromatic heterocycles. The Morgan fingerprint density at radius 3 is 1.93 bits per heavy atom. The molecule has 0 spiro atoms. The Hall–Kier alpha value is -4.52. The molecule has 1 N–H and O–H groups in total. The van der Waals surface area contributed by atoms with Gasteiger partial charge in [0.15, 0.2) is 0 Å². The second-order valence-corrected chi connectivity index (χ2v) is 10.4. The van der Waals surface area contributed by atoms with E-state index in [0.29, 0.717) is 19.5 Å². The SMILES string of the molecule is COc1ccc(Cn2cc(C=C3CN(C(c4ccccc4)(c4ccccc4)c4ccccc4)CCC3O)nn2)cc1. The van der Waals surface area contributed by atoms with Crippen molar-refractivity contribution in [1.82, 2.24) is 19.9 Å². The van der Waals surface area contributed by atoms with Crippen molar-refractivity contribution in [2.24, 2.45) is 0 Å². The van der Waals surface area contributed by atoms with Crippen LogP contribution in [0.4, 0.5) is 0 Å². The Labute approximate surface area is 241 Å². The number of hydrogen-bond acceptors (Lipinski definition) is 5. The average Bonchev–Trinajstić information content (AvgIpc) is 3.47. The molecule has 0 saturated carbocycles. The summed E-state index contributed by atoms with van der Waals surface area (Å²) < 4.78 is 7.09. The molecule has 206 valence electrons. The zero-order chi connectivity index (χ0) is 28.1. The maximum atomic E-state index is 11.2. The number of aliphatic hydroxyl groups excluding tert-OH is 1. The van der Waals surface area contributed by atoms with Crippen molar-refractivity contribution in [3.8, 4) is 5.75 Å². The highest BCUT2D eigenvalue weighted by Crippen LogP contribution is 2.44. The molecule has 0 aliphatic carbocycles. The number of aromatic nitrogens is 3. The molecule has 1 atom stereocenters. The fourth-order valence-electron chi connectivity index (χ4n) is 5.95. The van der Waals surface area contributed by atoms with Gasteiger partial charge in [-0.15, -0.1) is 5.10 Å². The van der Waals surface area contributed by atoms with Crippen LogP contribution < -0.4 is 4.74 Å². The van der Waals surface area contributed by atoms with E-state index in [1.165, 1.54) is 16.7 Å². The summed E-state index contributed by atoms with van der Waals surface area (Å²) in [5, 5.41) is 19.9. The molecule has 0 bridgehead atoms. The summed E-state index contributed by atoms with van der Waals surface area (Å²) in [6, 6.07) is 40.0. The van der Waals surface area contributed by atoms with E-state index in [4.69, 9.17) is 4.74 Å². The highest BCUT2D eigenvalue weighted by atomic mass is 16.5. The molecule has 1 unspecified atom stereocenters. The van der Waals surface area contributed by atoms with E-state index in [-0.39, 0.29) is 0 Å². The van der Waals surface area contributed by atoms with Crippen LogP contribution in [0.3, 0.4) is 0 Å². The van der Waals surface area contributed by atoms with Crippen LogP contribution in [0.5, 0.6) is 5.75 Å². The van der Waals surface area contributed by atoms with Gasteiger partial charge in [-0.05, 0) is 52.5 Å². The van der Waals surface area contributed by atoms with E-state index in [2.05, 4.69) is 106 Å². The molecule has 2 heterocycles. The second kappa shape index (κ2) is 11.9. The van der Waals surface area contributed by atoms with Crippen LogP contribution in [0.25, 0.3) is 6.08 Å². The predicted molar refractivity (Wildman–Crippen MR) is 161 cm³/mol. The Bertz CT molecular complexity index is 1490. The van der Waals surface area contributed by atoms with E-state index in [1.807, 2.05) is 41.2 Å². The van der Waals surface area contributed by atoms with Crippen molar-refractivity contribution in [3.63, 3.8) is 0 Å². The molecule has 5 aromatic rings. The molecular formula is C35H34N4O2. The fourth-order valence-corrected chi connectivity index (χ4v) is 5.95. The third-order valence-corrected chi connectivity index (χ3v) is 7.92. The van der Waals surface area contributed by atoms with Crippen LogP contribution >= 0.6 is 0 Å². The maximum absolute atomic E-state index is 11.2. The number of piperidine rings is 1. The van der Waals surface area contributed by atoms with Gasteiger partial charge in [0.05, 0.1) is 31.5 Å². The van der Waals surface area contributed by atoms with Gasteiger partial charge in [-0.1, -0.05) is 108 Å². The standard InChI is InChI=1S/C35H34N4O2/c1-41-33-19-17-27(18-20-33)24-39-26-32(36-37-39)23-28-25-38(22-21-34(28)40)35(29-11-5-2-6-12-29,30-13-7-3-8-14-30)31-15-9-4-10-16-31/h2-20,23,26,34,40H,21-22,24-25H2,1H3. The van der Waals surface area contributed by atoms with E-state index < -0.39 is 11.6 Å². The Morgan fingerprint density at radius 2 is 1.39 bits per heavy atom. The molecule has 4 aromatic carbocycles. The van der Waals surface area contributed by atoms with Crippen molar-refractivity contribution in [2.75, 3.05) is 20.2 Å². The Kier molecular flexibility index (Phi) is 7.76. The predicted octanol–water partition coefficient (Wildman–Crippen LogP) is 5.78. The average molecular weight is 543 g/mol. The van der Waals surface area contributed by atoms with Gasteiger partial charge in [-0.2, -0.15) is 0 Å². The van der Waals surface area contributed by atoms with E-state index in [9.17, 15) is 5.11 Å². The number of aliphatic hydroxyl groups is 1. The molecule has 0 radical (unpaired) electrons. The van der Waals surface area contributed by atoms with Gasteiger partial charge < -0.3 is 9.84 Å². The number of likely N-dealkylation sites (tertiary alicyclic amines) is 1. The molecule has 6 nitrogen and oxygen atoms in total. The molecule has 1 saturated heterocycles. The highest BCUT2D eigenvalue weighted by molar-refractivity contribution is 5.53. The fraction of sp³-hybridized carbons (Fsp3) is 0.200. The topological polar surface area (TPSA) is 63.4 Å². The first-order valence-electron chi connectivity index (χ1n) is 14.0. The summed E-state index contributed by atoms with van der Waals surface area (Å²) >= 11 is 0. The Morgan fingerprint density at radius 1 is 0.829 bits per heavy atom. The van der Waals surface area contributed by atoms with Gasteiger partial charge in [0.25, 0.3) is 0 Å². The minimum absolute atomic E-state index is 0.533. The Balaban J connectivity index is 1.36. The number of benzene rings is 4. The minimum atomic E-state index is -0.544. The third-order valence-electron chi connectivity index (χ3n) is 7.92. The van der Waals surface area contributed by atoms with Crippen molar-refractivity contribution in [2.45, 2.75) is 24.6 Å². The lowest BCUT2D eigenvalue weighted by Gasteiger charge is -2.48. The number of methoxy groups -OCH3 is 1. The van der Waals surface area contributed by atoms with Crippen molar-refractivity contribution < 1.29 is 9.84 Å². The summed E-state index contributed by atoms with van der Waals surface area (Å²) in [6.07, 6.45) is 4.01. The zero-order valence-corrected chi connectivity index (χ0v) is 23.2. The smallest absolute Gasteiger partial charge is 0.118 e. The molecule has 6 heteroatoms. The monoisotopic (exact) mass is 542 g/mol. The summed E-state index contributed by atoms with van der Waals surface area (Å²) in [6.45, 7) is 1.93. The lowest BCUT2D eigenvalue weighted by Crippen LogP contribution is -2.52. The molecule has 41 heavy (non-hydrogen) atoms. The number of ether oxygens (including phenoxy) is 1. The van der Waals surface area contributed by atoms with Crippen LogP contribution in [0.2, 0.25) is 0 Å². The van der Waals surface area contributed by atoms with E-state index >= 15 is 0 Å². The van der Waals surface area contributed by atoms with E-state index in [1.54, 1.807) is 7.11 Å². The quantitative estimate of drug-likeness (QED) is 0.252. The van der Waals surface area contributed by atoms with Gasteiger partial charge in [-0.25, -0.2) is 4.68 Å². The number of nitrogens with zero attached hydrogens (tertiary/aromatic N) is 4. The van der Waals surface area contributed by atoms with E-state index in [0.717, 1.165) is 29.1 Å². The molecule has 1 aliphatic rings. The lowest BCUT2D eigenvalue weighted by molar-refractivity contribution is 0.0872. The molecule has 0 amide bonds. The van der Waals surface area contributed by atoms with Crippen LogP contribution in [0.1, 0.15) is 34.4 Å². The normalized spacial score (nSPS) is 17.0. The number of hydrogen-bond donors (Lipinski definition) is 1. The van der Waals surface area contributed by atoms with Crippen LogP contribution in [0.15, 0.2) is 127 Å². The van der Waals surface area contributed by atoms with Crippen LogP contribution in [0, 0.1) is 0 Å². The van der Waals surface area contributed by atoms with Gasteiger partial charge in [-0.3, -0.25) is 4.90 Å². The van der Waals surface area contributed by atoms with Crippen LogP contribution in [-0.4, -0.2) is 51.3 Å². The first-order chi connectivity index (χ1) is 20.2. The van der Waals surface area contributed by atoms with Crippen molar-refractivity contribution in [3.05, 3.63) is 155 Å². The van der Waals surface area contributed by atoms with Crippen molar-refractivity contribution >= 4 is 6.08 Å². The molecular weight excluding hydrogens is 508 g/mol. The largest absolute Gasteiger partial charge is 0.497 e. The third kappa shape index (κ3) is 5.44. The first kappa shape index (κ1) is 26.7. The van der Waals surface area contributed by atoms with Gasteiger partial charge >= 0.3 is 0 Å². The van der Waals surface area contributed by atoms with Gasteiger partial charge in [0.1, 0.15) is 11.4 Å². The summed E-state index contributed by atoms with van der Waals surface area (Å²) in [5.41, 5.74) is 5.82. The zero-order valence-electron chi connectivity index (χ0n) is 23.2. The lowest BCUT2D eigenvalue weighted by atomic mass is 9.74. The van der Waals surface area contributed by atoms with Crippen molar-refractivity contribution in [1.29, 1.82) is 0 Å². The minimum Gasteiger partial charge on any atom is -0.497 e. The number of rotatable bonds is 8. The summed E-state index contributed by atoms with van der Waals surface area (Å²) in [4.78, 5) is 2.49. The second-order valence-electron chi connectivity index (χ2n) is 10.4. The highest BCUT2D eigenvalue weighted by Gasteiger charge is 2.44. The molecule has 1 aliphatic heterocycles. The molecule has 6 rings (SSSR count).